The number of nitrogens with one attached hydrogen (secondary N) is 1. The monoisotopic (exact) mass is 450 g/mol. The predicted octanol–water partition coefficient (Wildman–Crippen LogP) is 3.40. The van der Waals surface area contributed by atoms with Gasteiger partial charge in [-0.3, -0.25) is 4.79 Å². The zero-order valence-electron chi connectivity index (χ0n) is 17.1. The summed E-state index contributed by atoms with van der Waals surface area (Å²) in [6.07, 6.45) is 2.34. The quantitative estimate of drug-likeness (QED) is 0.732. The van der Waals surface area contributed by atoms with Crippen LogP contribution < -0.4 is 9.46 Å². The standard InChI is InChI=1S/C22H24F2N2O4S/c1-14-2-6-18(31(28,29)25-16-4-5-16)13-19(14)22(27)26-10-8-17(9-11-26)30-21-7-3-15(23)12-20(21)24/h2-3,6-7,12-13,16-17,25H,4-5,8-11H2,1H3. The normalized spacial score (nSPS) is 17.6. The fourth-order valence-electron chi connectivity index (χ4n) is 3.58. The molecule has 1 amide bonds. The molecule has 0 spiro atoms. The second-order valence-corrected chi connectivity index (χ2v) is 9.77. The Morgan fingerprint density at radius 2 is 1.77 bits per heavy atom. The van der Waals surface area contributed by atoms with Crippen LogP contribution in [0.25, 0.3) is 0 Å². The summed E-state index contributed by atoms with van der Waals surface area (Å²) in [6, 6.07) is 7.73. The second kappa shape index (κ2) is 8.55. The van der Waals surface area contributed by atoms with Gasteiger partial charge in [0.2, 0.25) is 10.0 Å². The maximum Gasteiger partial charge on any atom is 0.254 e. The van der Waals surface area contributed by atoms with Gasteiger partial charge in [0.25, 0.3) is 5.91 Å². The molecule has 2 fully saturated rings. The molecule has 0 bridgehead atoms. The van der Waals surface area contributed by atoms with Gasteiger partial charge in [-0.15, -0.1) is 0 Å². The maximum atomic E-state index is 13.8. The van der Waals surface area contributed by atoms with Crippen molar-refractivity contribution < 1.29 is 26.7 Å². The summed E-state index contributed by atoms with van der Waals surface area (Å²) in [6.45, 7) is 2.55. The van der Waals surface area contributed by atoms with E-state index in [1.54, 1.807) is 17.9 Å². The van der Waals surface area contributed by atoms with Gasteiger partial charge in [-0.05, 0) is 49.6 Å². The molecule has 9 heteroatoms. The SMILES string of the molecule is Cc1ccc(S(=O)(=O)NC2CC2)cc1C(=O)N1CCC(Oc2ccc(F)cc2F)CC1. The van der Waals surface area contributed by atoms with Crippen molar-refractivity contribution in [3.05, 3.63) is 59.2 Å². The Morgan fingerprint density at radius 1 is 1.06 bits per heavy atom. The van der Waals surface area contributed by atoms with Gasteiger partial charge in [-0.25, -0.2) is 21.9 Å². The summed E-state index contributed by atoms with van der Waals surface area (Å²) in [5.74, 6) is -1.68. The minimum Gasteiger partial charge on any atom is -0.487 e. The summed E-state index contributed by atoms with van der Waals surface area (Å²) in [4.78, 5) is 14.8. The van der Waals surface area contributed by atoms with Crippen LogP contribution in [0.1, 0.15) is 41.6 Å². The van der Waals surface area contributed by atoms with Crippen LogP contribution in [-0.2, 0) is 10.0 Å². The Hall–Kier alpha value is -2.52. The van der Waals surface area contributed by atoms with E-state index in [2.05, 4.69) is 4.72 Å². The number of hydrogen-bond acceptors (Lipinski definition) is 4. The van der Waals surface area contributed by atoms with Crippen molar-refractivity contribution in [2.24, 2.45) is 0 Å². The predicted molar refractivity (Wildman–Crippen MR) is 110 cm³/mol. The van der Waals surface area contributed by atoms with Crippen LogP contribution in [0.5, 0.6) is 5.75 Å². The number of halogens is 2. The Morgan fingerprint density at radius 3 is 2.42 bits per heavy atom. The number of aryl methyl sites for hydroxylation is 1. The average molecular weight is 451 g/mol. The maximum absolute atomic E-state index is 13.8. The van der Waals surface area contributed by atoms with Crippen LogP contribution in [0.2, 0.25) is 0 Å². The lowest BCUT2D eigenvalue weighted by Crippen LogP contribution is -2.42. The number of amides is 1. The van der Waals surface area contributed by atoms with Crippen molar-refractivity contribution in [1.82, 2.24) is 9.62 Å². The fourth-order valence-corrected chi connectivity index (χ4v) is 4.92. The third-order valence-electron chi connectivity index (χ3n) is 5.57. The van der Waals surface area contributed by atoms with Gasteiger partial charge in [0, 0.05) is 43.6 Å². The Kier molecular flexibility index (Phi) is 5.98. The number of carbonyl (C=O) groups excluding carboxylic acids is 1. The molecule has 0 atom stereocenters. The van der Waals surface area contributed by atoms with Crippen LogP contribution in [-0.4, -0.2) is 44.5 Å². The van der Waals surface area contributed by atoms with Gasteiger partial charge in [0.1, 0.15) is 11.9 Å². The Labute approximate surface area is 180 Å². The van der Waals surface area contributed by atoms with E-state index in [4.69, 9.17) is 4.74 Å². The van der Waals surface area contributed by atoms with E-state index in [9.17, 15) is 22.0 Å². The second-order valence-electron chi connectivity index (χ2n) is 8.06. The van der Waals surface area contributed by atoms with Crippen molar-refractivity contribution in [2.45, 2.75) is 49.6 Å². The molecule has 0 aromatic heterocycles. The van der Waals surface area contributed by atoms with Gasteiger partial charge >= 0.3 is 0 Å². The number of hydrogen-bond donors (Lipinski definition) is 1. The summed E-state index contributed by atoms with van der Waals surface area (Å²) in [5, 5.41) is 0. The highest BCUT2D eigenvalue weighted by Crippen LogP contribution is 2.26. The first-order valence-electron chi connectivity index (χ1n) is 10.3. The summed E-state index contributed by atoms with van der Waals surface area (Å²) in [5.41, 5.74) is 1.05. The van der Waals surface area contributed by atoms with Crippen molar-refractivity contribution in [3.8, 4) is 5.75 Å². The number of benzene rings is 2. The van der Waals surface area contributed by atoms with E-state index in [1.807, 2.05) is 0 Å². The number of likely N-dealkylation sites (tertiary alicyclic amines) is 1. The minimum absolute atomic E-state index is 0.0110. The number of rotatable bonds is 6. The molecule has 6 nitrogen and oxygen atoms in total. The fraction of sp³-hybridized carbons (Fsp3) is 0.409. The molecule has 31 heavy (non-hydrogen) atoms. The Bertz CT molecular complexity index is 1090. The van der Waals surface area contributed by atoms with Crippen LogP contribution >= 0.6 is 0 Å². The van der Waals surface area contributed by atoms with E-state index < -0.39 is 21.7 Å². The lowest BCUT2D eigenvalue weighted by Gasteiger charge is -2.32. The van der Waals surface area contributed by atoms with Crippen LogP contribution in [0.15, 0.2) is 41.3 Å². The van der Waals surface area contributed by atoms with E-state index in [-0.39, 0.29) is 28.7 Å². The number of piperidine rings is 1. The number of nitrogens with zero attached hydrogens (tertiary/aromatic N) is 1. The third-order valence-corrected chi connectivity index (χ3v) is 7.08. The van der Waals surface area contributed by atoms with E-state index in [0.717, 1.165) is 25.0 Å². The molecule has 2 aromatic rings. The molecule has 1 aliphatic heterocycles. The van der Waals surface area contributed by atoms with Gasteiger partial charge in [0.05, 0.1) is 4.90 Å². The van der Waals surface area contributed by atoms with E-state index >= 15 is 0 Å². The lowest BCUT2D eigenvalue weighted by atomic mass is 10.0. The molecule has 1 N–H and O–H groups in total. The van der Waals surface area contributed by atoms with Gasteiger partial charge in [-0.2, -0.15) is 0 Å². The molecule has 2 aliphatic rings. The average Bonchev–Trinajstić information content (AvgIpc) is 3.53. The smallest absolute Gasteiger partial charge is 0.254 e. The highest BCUT2D eigenvalue weighted by Gasteiger charge is 2.30. The molecular formula is C22H24F2N2O4S. The lowest BCUT2D eigenvalue weighted by molar-refractivity contribution is 0.0587. The molecule has 4 rings (SSSR count). The highest BCUT2D eigenvalue weighted by molar-refractivity contribution is 7.89. The minimum atomic E-state index is -3.65. The first kappa shape index (κ1) is 21.7. The highest BCUT2D eigenvalue weighted by atomic mass is 32.2. The van der Waals surface area contributed by atoms with Crippen LogP contribution in [0.3, 0.4) is 0 Å². The molecule has 0 unspecified atom stereocenters. The molecule has 1 saturated carbocycles. The topological polar surface area (TPSA) is 75.7 Å². The summed E-state index contributed by atoms with van der Waals surface area (Å²) < 4.78 is 60.1. The van der Waals surface area contributed by atoms with E-state index in [1.165, 1.54) is 18.2 Å². The van der Waals surface area contributed by atoms with Crippen LogP contribution in [0, 0.1) is 18.6 Å². The first-order chi connectivity index (χ1) is 14.7. The summed E-state index contributed by atoms with van der Waals surface area (Å²) >= 11 is 0. The molecule has 1 aliphatic carbocycles. The molecule has 1 heterocycles. The molecule has 0 radical (unpaired) electrons. The molecule has 166 valence electrons. The zero-order chi connectivity index (χ0) is 22.2. The van der Waals surface area contributed by atoms with Crippen molar-refractivity contribution in [3.63, 3.8) is 0 Å². The molecule has 2 aromatic carbocycles. The van der Waals surface area contributed by atoms with Crippen molar-refractivity contribution in [1.29, 1.82) is 0 Å². The van der Waals surface area contributed by atoms with Gasteiger partial charge in [0.15, 0.2) is 11.6 Å². The number of sulfonamides is 1. The molecule has 1 saturated heterocycles. The third kappa shape index (κ3) is 5.04. The Balaban J connectivity index is 1.42. The number of carbonyl (C=O) groups is 1. The largest absolute Gasteiger partial charge is 0.487 e. The van der Waals surface area contributed by atoms with Gasteiger partial charge in [-0.1, -0.05) is 6.07 Å². The van der Waals surface area contributed by atoms with Crippen molar-refractivity contribution >= 4 is 15.9 Å². The molecular weight excluding hydrogens is 426 g/mol. The first-order valence-corrected chi connectivity index (χ1v) is 11.8. The zero-order valence-corrected chi connectivity index (χ0v) is 17.9. The van der Waals surface area contributed by atoms with Crippen LogP contribution in [0.4, 0.5) is 8.78 Å². The number of ether oxygens (including phenoxy) is 1. The summed E-state index contributed by atoms with van der Waals surface area (Å²) in [7, 11) is -3.65. The van der Waals surface area contributed by atoms with Gasteiger partial charge < -0.3 is 9.64 Å². The van der Waals surface area contributed by atoms with Crippen molar-refractivity contribution in [2.75, 3.05) is 13.1 Å². The van der Waals surface area contributed by atoms with E-state index in [0.29, 0.717) is 37.1 Å².